The smallest absolute Gasteiger partial charge is 0.229 e. The number of aromatic nitrogens is 2. The Kier molecular flexibility index (Phi) is 3.22. The van der Waals surface area contributed by atoms with Crippen LogP contribution >= 0.6 is 11.6 Å². The van der Waals surface area contributed by atoms with Crippen molar-refractivity contribution in [2.75, 3.05) is 11.4 Å². The van der Waals surface area contributed by atoms with Crippen molar-refractivity contribution in [1.29, 1.82) is 0 Å². The second kappa shape index (κ2) is 4.63. The average molecular weight is 238 g/mol. The van der Waals surface area contributed by atoms with Gasteiger partial charge in [-0.1, -0.05) is 17.7 Å². The number of anilines is 1. The minimum Gasteiger partial charge on any atom is -0.389 e. The van der Waals surface area contributed by atoms with Crippen molar-refractivity contribution in [1.82, 2.24) is 9.97 Å². The third-order valence-electron chi connectivity index (χ3n) is 2.32. The molecule has 1 aromatic heterocycles. The van der Waals surface area contributed by atoms with Gasteiger partial charge in [-0.2, -0.15) is 0 Å². The number of hydrogen-bond acceptors (Lipinski definition) is 4. The zero-order chi connectivity index (χ0) is 11.5. The van der Waals surface area contributed by atoms with Crippen LogP contribution in [0.1, 0.15) is 6.92 Å². The summed E-state index contributed by atoms with van der Waals surface area (Å²) in [7, 11) is 0. The molecule has 1 aliphatic rings. The Morgan fingerprint density at radius 3 is 2.62 bits per heavy atom. The summed E-state index contributed by atoms with van der Waals surface area (Å²) in [5.74, 6) is 0.599. The molecule has 16 heavy (non-hydrogen) atoms. The van der Waals surface area contributed by atoms with Gasteiger partial charge in [0.25, 0.3) is 0 Å². The molecular formula is C11H12ClN3O. The lowest BCUT2D eigenvalue weighted by Gasteiger charge is -2.21. The Balaban J connectivity index is 2.11. The summed E-state index contributed by atoms with van der Waals surface area (Å²) in [6.07, 6.45) is 8.33. The van der Waals surface area contributed by atoms with E-state index in [-0.39, 0.29) is 0 Å². The minimum absolute atomic E-state index is 0.440. The van der Waals surface area contributed by atoms with E-state index in [9.17, 15) is 5.11 Å². The molecule has 1 N–H and O–H groups in total. The molecule has 4 nitrogen and oxygen atoms in total. The lowest BCUT2D eigenvalue weighted by Crippen LogP contribution is -2.22. The lowest BCUT2D eigenvalue weighted by atomic mass is 10.1. The van der Waals surface area contributed by atoms with E-state index in [0.717, 1.165) is 5.57 Å². The van der Waals surface area contributed by atoms with Crippen LogP contribution in [0.4, 0.5) is 5.95 Å². The summed E-state index contributed by atoms with van der Waals surface area (Å²) in [5.41, 5.74) is 0.908. The molecule has 0 aromatic carbocycles. The van der Waals surface area contributed by atoms with E-state index in [1.165, 1.54) is 0 Å². The second-order valence-corrected chi connectivity index (χ2v) is 3.99. The third kappa shape index (κ3) is 2.40. The van der Waals surface area contributed by atoms with E-state index in [2.05, 4.69) is 9.97 Å². The molecule has 0 unspecified atom stereocenters. The predicted octanol–water partition coefficient (Wildman–Crippen LogP) is 1.77. The molecule has 2 rings (SSSR count). The molecule has 1 aromatic rings. The molecule has 2 heterocycles. The first-order valence-electron chi connectivity index (χ1n) is 4.97. The minimum atomic E-state index is -0.440. The van der Waals surface area contributed by atoms with Crippen LogP contribution in [0.15, 0.2) is 36.3 Å². The summed E-state index contributed by atoms with van der Waals surface area (Å²) < 4.78 is 0. The monoisotopic (exact) mass is 237 g/mol. The molecule has 0 fully saturated rings. The van der Waals surface area contributed by atoms with E-state index in [0.29, 0.717) is 17.5 Å². The highest BCUT2D eigenvalue weighted by molar-refractivity contribution is 6.30. The van der Waals surface area contributed by atoms with Gasteiger partial charge in [0.05, 0.1) is 23.5 Å². The van der Waals surface area contributed by atoms with Crippen LogP contribution in [0, 0.1) is 0 Å². The van der Waals surface area contributed by atoms with Gasteiger partial charge in [-0.05, 0) is 18.6 Å². The normalized spacial score (nSPS) is 17.2. The van der Waals surface area contributed by atoms with Crippen LogP contribution in [0.5, 0.6) is 0 Å². The molecule has 0 bridgehead atoms. The first-order valence-corrected chi connectivity index (χ1v) is 5.35. The van der Waals surface area contributed by atoms with Crippen LogP contribution < -0.4 is 4.90 Å². The summed E-state index contributed by atoms with van der Waals surface area (Å²) in [6, 6.07) is 0. The zero-order valence-corrected chi connectivity index (χ0v) is 9.59. The van der Waals surface area contributed by atoms with E-state index >= 15 is 0 Å². The van der Waals surface area contributed by atoms with Gasteiger partial charge in [0.2, 0.25) is 5.95 Å². The SMILES string of the molecule is C[C@H](O)C1=CCN(c2ncc(Cl)cn2)C=C1. The molecule has 1 atom stereocenters. The highest BCUT2D eigenvalue weighted by atomic mass is 35.5. The fourth-order valence-electron chi connectivity index (χ4n) is 1.42. The van der Waals surface area contributed by atoms with Gasteiger partial charge in [0.15, 0.2) is 0 Å². The van der Waals surface area contributed by atoms with Gasteiger partial charge in [-0.25, -0.2) is 9.97 Å². The number of hydrogen-bond donors (Lipinski definition) is 1. The molecule has 0 radical (unpaired) electrons. The summed E-state index contributed by atoms with van der Waals surface area (Å²) in [5, 5.41) is 9.90. The highest BCUT2D eigenvalue weighted by Crippen LogP contribution is 2.16. The molecule has 0 saturated heterocycles. The van der Waals surface area contributed by atoms with Gasteiger partial charge >= 0.3 is 0 Å². The maximum Gasteiger partial charge on any atom is 0.229 e. The van der Waals surface area contributed by atoms with E-state index in [4.69, 9.17) is 11.6 Å². The van der Waals surface area contributed by atoms with Crippen molar-refractivity contribution < 1.29 is 5.11 Å². The van der Waals surface area contributed by atoms with Crippen LogP contribution in [0.25, 0.3) is 0 Å². The van der Waals surface area contributed by atoms with Crippen molar-refractivity contribution in [2.45, 2.75) is 13.0 Å². The van der Waals surface area contributed by atoms with Gasteiger partial charge in [-0.3, -0.25) is 0 Å². The van der Waals surface area contributed by atoms with Crippen molar-refractivity contribution in [3.05, 3.63) is 41.3 Å². The number of aliphatic hydroxyl groups is 1. The Morgan fingerprint density at radius 1 is 1.44 bits per heavy atom. The maximum atomic E-state index is 9.38. The maximum absolute atomic E-state index is 9.38. The standard InChI is InChI=1S/C11H12ClN3O/c1-8(16)9-2-4-15(5-3-9)11-13-6-10(12)7-14-11/h2-4,6-8,16H,5H2,1H3/t8-/m0/s1. The third-order valence-corrected chi connectivity index (χ3v) is 2.51. The van der Waals surface area contributed by atoms with Crippen molar-refractivity contribution >= 4 is 17.5 Å². The van der Waals surface area contributed by atoms with Crippen LogP contribution in [-0.4, -0.2) is 27.7 Å². The largest absolute Gasteiger partial charge is 0.389 e. The zero-order valence-electron chi connectivity index (χ0n) is 8.84. The highest BCUT2D eigenvalue weighted by Gasteiger charge is 2.11. The van der Waals surface area contributed by atoms with Crippen molar-refractivity contribution in [3.8, 4) is 0 Å². The molecule has 0 saturated carbocycles. The average Bonchev–Trinajstić information content (AvgIpc) is 2.30. The van der Waals surface area contributed by atoms with Gasteiger partial charge in [0, 0.05) is 12.7 Å². The summed E-state index contributed by atoms with van der Waals surface area (Å²) in [4.78, 5) is 10.1. The topological polar surface area (TPSA) is 49.2 Å². The van der Waals surface area contributed by atoms with Gasteiger partial charge < -0.3 is 10.0 Å². The molecule has 0 amide bonds. The predicted molar refractivity (Wildman–Crippen MR) is 63.3 cm³/mol. The fraction of sp³-hybridized carbons (Fsp3) is 0.273. The molecule has 5 heteroatoms. The van der Waals surface area contributed by atoms with Crippen LogP contribution in [0.2, 0.25) is 5.02 Å². The Morgan fingerprint density at radius 2 is 2.12 bits per heavy atom. The van der Waals surface area contributed by atoms with Crippen LogP contribution in [0.3, 0.4) is 0 Å². The van der Waals surface area contributed by atoms with Gasteiger partial charge in [-0.15, -0.1) is 0 Å². The Labute approximate surface area is 98.9 Å². The first-order chi connectivity index (χ1) is 7.66. The summed E-state index contributed by atoms with van der Waals surface area (Å²) >= 11 is 5.71. The second-order valence-electron chi connectivity index (χ2n) is 3.55. The Hall–Kier alpha value is -1.39. The number of aliphatic hydroxyl groups excluding tert-OH is 1. The van der Waals surface area contributed by atoms with E-state index in [1.807, 2.05) is 23.3 Å². The van der Waals surface area contributed by atoms with Gasteiger partial charge in [0.1, 0.15) is 0 Å². The van der Waals surface area contributed by atoms with Crippen molar-refractivity contribution in [2.24, 2.45) is 0 Å². The molecule has 1 aliphatic heterocycles. The number of halogens is 1. The first kappa shape index (κ1) is 11.1. The van der Waals surface area contributed by atoms with Crippen molar-refractivity contribution in [3.63, 3.8) is 0 Å². The van der Waals surface area contributed by atoms with E-state index < -0.39 is 6.10 Å². The number of rotatable bonds is 2. The lowest BCUT2D eigenvalue weighted by molar-refractivity contribution is 0.235. The Bertz CT molecular complexity index is 425. The number of nitrogens with zero attached hydrogens (tertiary/aromatic N) is 3. The quantitative estimate of drug-likeness (QED) is 0.852. The van der Waals surface area contributed by atoms with Crippen LogP contribution in [-0.2, 0) is 0 Å². The molecular weight excluding hydrogens is 226 g/mol. The molecule has 84 valence electrons. The molecule has 0 spiro atoms. The fourth-order valence-corrected chi connectivity index (χ4v) is 1.52. The van der Waals surface area contributed by atoms with E-state index in [1.54, 1.807) is 19.3 Å². The molecule has 0 aliphatic carbocycles. The summed E-state index contributed by atoms with van der Waals surface area (Å²) in [6.45, 7) is 2.39.